The molecule has 1 aromatic heterocycles. The van der Waals surface area contributed by atoms with Gasteiger partial charge in [-0.1, -0.05) is 11.2 Å². The first kappa shape index (κ1) is 17.3. The number of nitrogens with zero attached hydrogens (tertiary/aromatic N) is 1. The first-order valence-corrected chi connectivity index (χ1v) is 7.39. The zero-order valence-corrected chi connectivity index (χ0v) is 13.5. The van der Waals surface area contributed by atoms with E-state index < -0.39 is 23.5 Å². The Hall–Kier alpha value is -3.55. The molecule has 1 N–H and O–H groups in total. The van der Waals surface area contributed by atoms with Crippen LogP contribution in [0, 0.1) is 11.6 Å². The number of carbonyl (C=O) groups is 2. The van der Waals surface area contributed by atoms with Crippen LogP contribution < -0.4 is 5.32 Å². The Morgan fingerprint density at radius 1 is 1.12 bits per heavy atom. The van der Waals surface area contributed by atoms with Crippen LogP contribution in [0.2, 0.25) is 0 Å². The van der Waals surface area contributed by atoms with Gasteiger partial charge in [-0.2, -0.15) is 0 Å². The van der Waals surface area contributed by atoms with Crippen molar-refractivity contribution in [1.82, 2.24) is 5.16 Å². The highest BCUT2D eigenvalue weighted by Gasteiger charge is 2.19. The molecule has 0 radical (unpaired) electrons. The summed E-state index contributed by atoms with van der Waals surface area (Å²) in [5.41, 5.74) is 0.793. The molecule has 0 aliphatic carbocycles. The molecule has 3 rings (SSSR count). The Labute approximate surface area is 146 Å². The van der Waals surface area contributed by atoms with E-state index in [0.717, 1.165) is 18.3 Å². The number of anilines is 1. The number of carbonyl (C=O) groups excluding carboxylic acids is 2. The second kappa shape index (κ2) is 7.14. The van der Waals surface area contributed by atoms with Gasteiger partial charge in [-0.05, 0) is 36.4 Å². The second-order valence-electron chi connectivity index (χ2n) is 5.22. The minimum Gasteiger partial charge on any atom is -0.465 e. The molecule has 0 bridgehead atoms. The van der Waals surface area contributed by atoms with Crippen molar-refractivity contribution in [2.45, 2.75) is 0 Å². The van der Waals surface area contributed by atoms with Crippen molar-refractivity contribution < 1.29 is 27.6 Å². The number of benzene rings is 2. The van der Waals surface area contributed by atoms with E-state index in [-0.39, 0.29) is 22.5 Å². The molecular weight excluding hydrogens is 346 g/mol. The van der Waals surface area contributed by atoms with Gasteiger partial charge in [-0.25, -0.2) is 13.6 Å². The minimum atomic E-state index is -1.07. The molecule has 6 nitrogen and oxygen atoms in total. The van der Waals surface area contributed by atoms with Crippen molar-refractivity contribution in [2.75, 3.05) is 12.4 Å². The van der Waals surface area contributed by atoms with Crippen LogP contribution in [-0.4, -0.2) is 24.1 Å². The maximum Gasteiger partial charge on any atom is 0.337 e. The van der Waals surface area contributed by atoms with Crippen molar-refractivity contribution in [1.29, 1.82) is 0 Å². The molecule has 0 aliphatic rings. The average molecular weight is 358 g/mol. The number of esters is 1. The van der Waals surface area contributed by atoms with E-state index in [4.69, 9.17) is 4.52 Å². The molecule has 0 saturated carbocycles. The third-order valence-electron chi connectivity index (χ3n) is 3.54. The number of aromatic nitrogens is 1. The molecule has 2 aromatic carbocycles. The number of amides is 1. The van der Waals surface area contributed by atoms with Crippen LogP contribution in [0.3, 0.4) is 0 Å². The summed E-state index contributed by atoms with van der Waals surface area (Å²) in [7, 11) is 1.25. The zero-order chi connectivity index (χ0) is 18.7. The Bertz CT molecular complexity index is 985. The fraction of sp³-hybridized carbons (Fsp3) is 0.0556. The lowest BCUT2D eigenvalue weighted by Gasteiger charge is -2.07. The first-order valence-electron chi connectivity index (χ1n) is 7.39. The monoisotopic (exact) mass is 358 g/mol. The lowest BCUT2D eigenvalue weighted by molar-refractivity contribution is 0.0600. The molecule has 3 aromatic rings. The van der Waals surface area contributed by atoms with E-state index >= 15 is 0 Å². The highest BCUT2D eigenvalue weighted by Crippen LogP contribution is 2.26. The van der Waals surface area contributed by atoms with E-state index in [1.54, 1.807) is 12.1 Å². The number of hydrogen-bond donors (Lipinski definition) is 1. The third kappa shape index (κ3) is 3.44. The fourth-order valence-corrected chi connectivity index (χ4v) is 2.29. The number of rotatable bonds is 4. The normalized spacial score (nSPS) is 10.4. The fourth-order valence-electron chi connectivity index (χ4n) is 2.29. The summed E-state index contributed by atoms with van der Waals surface area (Å²) in [5.74, 6) is -3.23. The van der Waals surface area contributed by atoms with Gasteiger partial charge >= 0.3 is 5.97 Å². The van der Waals surface area contributed by atoms with Gasteiger partial charge in [-0.15, -0.1) is 0 Å². The number of halogens is 2. The standard InChI is InChI=1S/C18H12F2N2O4/c1-25-18(24)11-3-2-4-12(7-11)22-17(23)13-9-21-26-16(13)10-5-6-14(19)15(20)8-10/h2-9H,1H3,(H,22,23). The zero-order valence-electron chi connectivity index (χ0n) is 13.5. The van der Waals surface area contributed by atoms with E-state index in [0.29, 0.717) is 5.69 Å². The van der Waals surface area contributed by atoms with Crippen molar-refractivity contribution in [3.05, 3.63) is 71.4 Å². The van der Waals surface area contributed by atoms with Gasteiger partial charge in [0.25, 0.3) is 5.91 Å². The van der Waals surface area contributed by atoms with Gasteiger partial charge in [0.2, 0.25) is 0 Å². The molecule has 1 heterocycles. The van der Waals surface area contributed by atoms with Crippen LogP contribution in [0.25, 0.3) is 11.3 Å². The maximum atomic E-state index is 13.4. The van der Waals surface area contributed by atoms with Crippen LogP contribution in [0.5, 0.6) is 0 Å². The molecule has 0 atom stereocenters. The van der Waals surface area contributed by atoms with E-state index in [1.807, 2.05) is 0 Å². The Balaban J connectivity index is 1.87. The third-order valence-corrected chi connectivity index (χ3v) is 3.54. The Morgan fingerprint density at radius 3 is 2.65 bits per heavy atom. The summed E-state index contributed by atoms with van der Waals surface area (Å²) >= 11 is 0. The lowest BCUT2D eigenvalue weighted by Crippen LogP contribution is -2.13. The molecule has 0 unspecified atom stereocenters. The lowest BCUT2D eigenvalue weighted by atomic mass is 10.1. The van der Waals surface area contributed by atoms with Gasteiger partial charge in [-0.3, -0.25) is 4.79 Å². The van der Waals surface area contributed by atoms with Crippen molar-refractivity contribution in [2.24, 2.45) is 0 Å². The molecule has 26 heavy (non-hydrogen) atoms. The molecule has 0 spiro atoms. The topological polar surface area (TPSA) is 81.4 Å². The summed E-state index contributed by atoms with van der Waals surface area (Å²) in [5, 5.41) is 6.13. The number of methoxy groups -OCH3 is 1. The molecular formula is C18H12F2N2O4. The molecule has 0 aliphatic heterocycles. The van der Waals surface area contributed by atoms with E-state index in [9.17, 15) is 18.4 Å². The molecule has 1 amide bonds. The Morgan fingerprint density at radius 2 is 1.92 bits per heavy atom. The SMILES string of the molecule is COC(=O)c1cccc(NC(=O)c2cnoc2-c2ccc(F)c(F)c2)c1. The summed E-state index contributed by atoms with van der Waals surface area (Å²) in [6, 6.07) is 9.23. The smallest absolute Gasteiger partial charge is 0.337 e. The maximum absolute atomic E-state index is 13.4. The number of hydrogen-bond acceptors (Lipinski definition) is 5. The number of ether oxygens (including phenoxy) is 1. The van der Waals surface area contributed by atoms with Gasteiger partial charge in [0.05, 0.1) is 18.9 Å². The molecule has 8 heteroatoms. The van der Waals surface area contributed by atoms with Gasteiger partial charge in [0.1, 0.15) is 5.56 Å². The predicted octanol–water partition coefficient (Wildman–Crippen LogP) is 3.66. The molecule has 0 saturated heterocycles. The van der Waals surface area contributed by atoms with Gasteiger partial charge in [0.15, 0.2) is 17.4 Å². The largest absolute Gasteiger partial charge is 0.465 e. The summed E-state index contributed by atoms with van der Waals surface area (Å²) in [6.07, 6.45) is 1.16. The minimum absolute atomic E-state index is 0.00878. The van der Waals surface area contributed by atoms with Crippen molar-refractivity contribution in [3.63, 3.8) is 0 Å². The highest BCUT2D eigenvalue weighted by molar-refractivity contribution is 6.08. The van der Waals surface area contributed by atoms with Gasteiger partial charge < -0.3 is 14.6 Å². The van der Waals surface area contributed by atoms with E-state index in [2.05, 4.69) is 15.2 Å². The van der Waals surface area contributed by atoms with Crippen molar-refractivity contribution in [3.8, 4) is 11.3 Å². The molecule has 132 valence electrons. The van der Waals surface area contributed by atoms with Crippen molar-refractivity contribution >= 4 is 17.6 Å². The molecule has 0 fully saturated rings. The van der Waals surface area contributed by atoms with Gasteiger partial charge in [0, 0.05) is 11.3 Å². The first-order chi connectivity index (χ1) is 12.5. The van der Waals surface area contributed by atoms with Crippen LogP contribution in [0.1, 0.15) is 20.7 Å². The quantitative estimate of drug-likeness (QED) is 0.720. The average Bonchev–Trinajstić information content (AvgIpc) is 3.13. The second-order valence-corrected chi connectivity index (χ2v) is 5.22. The summed E-state index contributed by atoms with van der Waals surface area (Å²) in [6.45, 7) is 0. The van der Waals surface area contributed by atoms with Crippen LogP contribution in [-0.2, 0) is 4.74 Å². The van der Waals surface area contributed by atoms with Crippen LogP contribution in [0.4, 0.5) is 14.5 Å². The van der Waals surface area contributed by atoms with E-state index in [1.165, 1.54) is 25.3 Å². The van der Waals surface area contributed by atoms with Crippen LogP contribution >= 0.6 is 0 Å². The predicted molar refractivity (Wildman–Crippen MR) is 87.6 cm³/mol. The summed E-state index contributed by atoms with van der Waals surface area (Å²) < 4.78 is 36.1. The number of nitrogens with one attached hydrogen (secondary N) is 1. The summed E-state index contributed by atoms with van der Waals surface area (Å²) in [4.78, 5) is 24.0. The van der Waals surface area contributed by atoms with Crippen LogP contribution in [0.15, 0.2) is 53.2 Å². The Kier molecular flexibility index (Phi) is 4.74. The highest BCUT2D eigenvalue weighted by atomic mass is 19.2.